The molecule has 7 heteroatoms. The predicted molar refractivity (Wildman–Crippen MR) is 116 cm³/mol. The number of benzene rings is 1. The van der Waals surface area contributed by atoms with Crippen LogP contribution < -0.4 is 10.6 Å². The monoisotopic (exact) mass is 427 g/mol. The fraction of sp³-hybridized carbons (Fsp3) is 0.550. The summed E-state index contributed by atoms with van der Waals surface area (Å²) in [6, 6.07) is 8.37. The van der Waals surface area contributed by atoms with Gasteiger partial charge in [-0.3, -0.25) is 9.69 Å². The Morgan fingerprint density at radius 1 is 1.30 bits per heavy atom. The summed E-state index contributed by atoms with van der Waals surface area (Å²) < 4.78 is 1.26. The third-order valence-corrected chi connectivity index (χ3v) is 7.21. The van der Waals surface area contributed by atoms with E-state index in [1.54, 1.807) is 11.3 Å². The van der Waals surface area contributed by atoms with Crippen LogP contribution in [0.2, 0.25) is 5.02 Å². The lowest BCUT2D eigenvalue weighted by molar-refractivity contribution is -0.123. The minimum absolute atomic E-state index is 0. The maximum absolute atomic E-state index is 12.2. The van der Waals surface area contributed by atoms with Crippen molar-refractivity contribution < 1.29 is 4.79 Å². The van der Waals surface area contributed by atoms with Crippen molar-refractivity contribution in [3.8, 4) is 0 Å². The van der Waals surface area contributed by atoms with Crippen molar-refractivity contribution in [2.24, 2.45) is 5.92 Å². The highest BCUT2D eigenvalue weighted by atomic mass is 35.5. The van der Waals surface area contributed by atoms with E-state index >= 15 is 0 Å². The molecular formula is C20H27Cl2N3OS. The lowest BCUT2D eigenvalue weighted by atomic mass is 9.97. The van der Waals surface area contributed by atoms with Crippen LogP contribution in [0.3, 0.4) is 0 Å². The molecule has 0 radical (unpaired) electrons. The van der Waals surface area contributed by atoms with E-state index in [9.17, 15) is 4.79 Å². The molecule has 1 aromatic heterocycles. The molecule has 0 saturated carbocycles. The SMILES string of the molecule is Cl.O=C(NCC1CCCN(Cc2sc3ccccc3c2Cl)C1)C1CCCN1. The fourth-order valence-electron chi connectivity index (χ4n) is 4.11. The molecule has 3 heterocycles. The lowest BCUT2D eigenvalue weighted by Gasteiger charge is -2.32. The number of fused-ring (bicyclic) bond motifs is 1. The number of halogens is 2. The molecule has 2 aromatic rings. The molecule has 1 amide bonds. The average molecular weight is 428 g/mol. The number of likely N-dealkylation sites (tertiary alicyclic amines) is 1. The molecule has 0 bridgehead atoms. The second-order valence-electron chi connectivity index (χ2n) is 7.47. The zero-order chi connectivity index (χ0) is 17.9. The first-order valence-corrected chi connectivity index (χ1v) is 10.8. The standard InChI is InChI=1S/C20H26ClN3OS.ClH/c21-19-15-6-1-2-8-17(15)26-18(19)13-24-10-4-5-14(12-24)11-23-20(25)16-7-3-9-22-16;/h1-2,6,8,14,16,22H,3-5,7,9-13H2,(H,23,25);1H. The van der Waals surface area contributed by atoms with Gasteiger partial charge >= 0.3 is 0 Å². The Labute approximate surface area is 176 Å². The van der Waals surface area contributed by atoms with Crippen LogP contribution in [-0.4, -0.2) is 43.0 Å². The van der Waals surface area contributed by atoms with E-state index in [4.69, 9.17) is 11.6 Å². The average Bonchev–Trinajstić information content (AvgIpc) is 3.30. The zero-order valence-corrected chi connectivity index (χ0v) is 17.8. The van der Waals surface area contributed by atoms with E-state index in [1.165, 1.54) is 27.8 Å². The van der Waals surface area contributed by atoms with Crippen molar-refractivity contribution in [2.75, 3.05) is 26.2 Å². The molecule has 27 heavy (non-hydrogen) atoms. The normalized spacial score (nSPS) is 23.3. The Hall–Kier alpha value is -0.850. The van der Waals surface area contributed by atoms with Gasteiger partial charge in [0.25, 0.3) is 0 Å². The fourth-order valence-corrected chi connectivity index (χ4v) is 5.64. The minimum Gasteiger partial charge on any atom is -0.354 e. The Morgan fingerprint density at radius 3 is 2.93 bits per heavy atom. The van der Waals surface area contributed by atoms with Gasteiger partial charge in [0.1, 0.15) is 0 Å². The summed E-state index contributed by atoms with van der Waals surface area (Å²) in [4.78, 5) is 15.9. The van der Waals surface area contributed by atoms with E-state index in [2.05, 4.69) is 33.7 Å². The van der Waals surface area contributed by atoms with Crippen LogP contribution in [0.5, 0.6) is 0 Å². The minimum atomic E-state index is 0. The highest BCUT2D eigenvalue weighted by Crippen LogP contribution is 2.36. The Bertz CT molecular complexity index is 776. The van der Waals surface area contributed by atoms with Crippen LogP contribution in [0.25, 0.3) is 10.1 Å². The molecule has 2 unspecified atom stereocenters. The quantitative estimate of drug-likeness (QED) is 0.755. The van der Waals surface area contributed by atoms with Gasteiger partial charge in [-0.2, -0.15) is 0 Å². The van der Waals surface area contributed by atoms with Crippen molar-refractivity contribution in [1.82, 2.24) is 15.5 Å². The molecule has 4 nitrogen and oxygen atoms in total. The van der Waals surface area contributed by atoms with Crippen LogP contribution in [0.4, 0.5) is 0 Å². The Balaban J connectivity index is 0.00000210. The second-order valence-corrected chi connectivity index (χ2v) is 8.99. The number of nitrogens with one attached hydrogen (secondary N) is 2. The third kappa shape index (κ3) is 4.96. The van der Waals surface area contributed by atoms with Crippen molar-refractivity contribution >= 4 is 51.3 Å². The molecule has 1 aromatic carbocycles. The maximum atomic E-state index is 12.2. The molecule has 4 rings (SSSR count). The van der Waals surface area contributed by atoms with Crippen LogP contribution in [0.15, 0.2) is 24.3 Å². The van der Waals surface area contributed by atoms with Crippen LogP contribution in [0.1, 0.15) is 30.6 Å². The number of piperidine rings is 1. The van der Waals surface area contributed by atoms with Crippen molar-refractivity contribution in [3.05, 3.63) is 34.2 Å². The summed E-state index contributed by atoms with van der Waals surface area (Å²) >= 11 is 8.41. The van der Waals surface area contributed by atoms with Gasteiger partial charge < -0.3 is 10.6 Å². The number of rotatable bonds is 5. The summed E-state index contributed by atoms with van der Waals surface area (Å²) in [5.74, 6) is 0.703. The first-order chi connectivity index (χ1) is 12.7. The number of thiophene rings is 1. The largest absolute Gasteiger partial charge is 0.354 e. The molecule has 0 spiro atoms. The highest BCUT2D eigenvalue weighted by Gasteiger charge is 2.25. The number of hydrogen-bond acceptors (Lipinski definition) is 4. The maximum Gasteiger partial charge on any atom is 0.237 e. The van der Waals surface area contributed by atoms with Crippen molar-refractivity contribution in [2.45, 2.75) is 38.3 Å². The van der Waals surface area contributed by atoms with Gasteiger partial charge in [0.05, 0.1) is 11.1 Å². The van der Waals surface area contributed by atoms with E-state index in [0.29, 0.717) is 5.92 Å². The summed E-state index contributed by atoms with van der Waals surface area (Å²) in [5.41, 5.74) is 0. The van der Waals surface area contributed by atoms with E-state index < -0.39 is 0 Å². The number of amides is 1. The molecule has 148 valence electrons. The number of carbonyl (C=O) groups is 1. The summed E-state index contributed by atoms with van der Waals surface area (Å²) in [5, 5.41) is 8.51. The van der Waals surface area contributed by atoms with E-state index in [1.807, 2.05) is 6.07 Å². The molecule has 2 aliphatic heterocycles. The first kappa shape index (κ1) is 20.9. The van der Waals surface area contributed by atoms with Gasteiger partial charge in [0.15, 0.2) is 0 Å². The molecule has 2 saturated heterocycles. The molecule has 2 atom stereocenters. The van der Waals surface area contributed by atoms with Crippen LogP contribution >= 0.6 is 35.3 Å². The topological polar surface area (TPSA) is 44.4 Å². The van der Waals surface area contributed by atoms with Crippen LogP contribution in [0, 0.1) is 5.92 Å². The van der Waals surface area contributed by atoms with E-state index in [-0.39, 0.29) is 24.4 Å². The molecule has 2 fully saturated rings. The van der Waals surface area contributed by atoms with Gasteiger partial charge in [0.2, 0.25) is 5.91 Å². The zero-order valence-electron chi connectivity index (χ0n) is 15.4. The Morgan fingerprint density at radius 2 is 2.15 bits per heavy atom. The first-order valence-electron chi connectivity index (χ1n) is 9.60. The summed E-state index contributed by atoms with van der Waals surface area (Å²) in [6.45, 7) is 4.80. The third-order valence-electron chi connectivity index (χ3n) is 5.51. The molecule has 0 aliphatic carbocycles. The molecular weight excluding hydrogens is 401 g/mol. The summed E-state index contributed by atoms with van der Waals surface area (Å²) in [7, 11) is 0. The van der Waals surface area contributed by atoms with Gasteiger partial charge in [-0.25, -0.2) is 0 Å². The smallest absolute Gasteiger partial charge is 0.237 e. The highest BCUT2D eigenvalue weighted by molar-refractivity contribution is 7.19. The lowest BCUT2D eigenvalue weighted by Crippen LogP contribution is -2.45. The number of nitrogens with zero attached hydrogens (tertiary/aromatic N) is 1. The van der Waals surface area contributed by atoms with Crippen molar-refractivity contribution in [3.63, 3.8) is 0 Å². The van der Waals surface area contributed by atoms with Gasteiger partial charge in [-0.1, -0.05) is 29.8 Å². The number of hydrogen-bond donors (Lipinski definition) is 2. The van der Waals surface area contributed by atoms with E-state index in [0.717, 1.165) is 50.6 Å². The Kier molecular flexibility index (Phi) is 7.40. The molecule has 2 aliphatic rings. The van der Waals surface area contributed by atoms with Crippen LogP contribution in [-0.2, 0) is 11.3 Å². The summed E-state index contributed by atoms with van der Waals surface area (Å²) in [6.07, 6.45) is 4.44. The predicted octanol–water partition coefficient (Wildman–Crippen LogP) is 4.06. The van der Waals surface area contributed by atoms with Gasteiger partial charge in [-0.05, 0) is 50.8 Å². The second kappa shape index (κ2) is 9.57. The van der Waals surface area contributed by atoms with Gasteiger partial charge in [-0.15, -0.1) is 23.7 Å². The van der Waals surface area contributed by atoms with Crippen molar-refractivity contribution in [1.29, 1.82) is 0 Å². The van der Waals surface area contributed by atoms with Gasteiger partial charge in [0, 0.05) is 34.6 Å². The number of carbonyl (C=O) groups excluding carboxylic acids is 1. The molecule has 2 N–H and O–H groups in total.